The van der Waals surface area contributed by atoms with Gasteiger partial charge in [-0.1, -0.05) is 13.8 Å². The number of aliphatic carboxylic acids is 1. The molecule has 0 spiro atoms. The Morgan fingerprint density at radius 2 is 2.18 bits per heavy atom. The van der Waals surface area contributed by atoms with Crippen molar-refractivity contribution in [2.75, 3.05) is 0 Å². The molecule has 6 heteroatoms. The van der Waals surface area contributed by atoms with Crippen LogP contribution >= 0.6 is 11.3 Å². The lowest BCUT2D eigenvalue weighted by Crippen LogP contribution is -2.48. The number of hydrogen-bond donors (Lipinski definition) is 3. The molecule has 0 aromatic carbocycles. The molecule has 0 aliphatic rings. The van der Waals surface area contributed by atoms with Crippen molar-refractivity contribution in [1.29, 1.82) is 0 Å². The molecule has 1 unspecified atom stereocenters. The molecule has 1 aromatic rings. The molecule has 2 amide bonds. The lowest BCUT2D eigenvalue weighted by atomic mass is 10.1. The summed E-state index contributed by atoms with van der Waals surface area (Å²) in [5.74, 6) is -1.18. The van der Waals surface area contributed by atoms with Gasteiger partial charge in [-0.2, -0.15) is 11.3 Å². The third-order valence-corrected chi connectivity index (χ3v) is 2.98. The first-order valence-electron chi connectivity index (χ1n) is 5.29. The fourth-order valence-electron chi connectivity index (χ4n) is 1.28. The van der Waals surface area contributed by atoms with Gasteiger partial charge >= 0.3 is 12.0 Å². The smallest absolute Gasteiger partial charge is 0.326 e. The van der Waals surface area contributed by atoms with Crippen LogP contribution in [0.2, 0.25) is 0 Å². The molecule has 0 aliphatic carbocycles. The highest BCUT2D eigenvalue weighted by Crippen LogP contribution is 2.05. The van der Waals surface area contributed by atoms with E-state index < -0.39 is 18.0 Å². The first kappa shape index (κ1) is 13.5. The van der Waals surface area contributed by atoms with E-state index in [-0.39, 0.29) is 5.92 Å². The molecular weight excluding hydrogens is 240 g/mol. The Balaban J connectivity index is 2.40. The summed E-state index contributed by atoms with van der Waals surface area (Å²) >= 11 is 1.55. The zero-order chi connectivity index (χ0) is 12.8. The van der Waals surface area contributed by atoms with Gasteiger partial charge in [0, 0.05) is 6.54 Å². The summed E-state index contributed by atoms with van der Waals surface area (Å²) in [4.78, 5) is 22.3. The summed E-state index contributed by atoms with van der Waals surface area (Å²) in [5.41, 5.74) is 1.00. The lowest BCUT2D eigenvalue weighted by Gasteiger charge is -2.18. The highest BCUT2D eigenvalue weighted by molar-refractivity contribution is 7.07. The van der Waals surface area contributed by atoms with Crippen molar-refractivity contribution >= 4 is 23.3 Å². The van der Waals surface area contributed by atoms with Crippen LogP contribution in [-0.4, -0.2) is 23.1 Å². The van der Waals surface area contributed by atoms with Gasteiger partial charge in [-0.25, -0.2) is 9.59 Å². The number of thiophene rings is 1. The number of carbonyl (C=O) groups excluding carboxylic acids is 1. The van der Waals surface area contributed by atoms with Gasteiger partial charge in [-0.15, -0.1) is 0 Å². The second-order valence-corrected chi connectivity index (χ2v) is 4.80. The van der Waals surface area contributed by atoms with Crippen molar-refractivity contribution in [1.82, 2.24) is 10.6 Å². The Morgan fingerprint density at radius 3 is 2.65 bits per heavy atom. The van der Waals surface area contributed by atoms with E-state index in [4.69, 9.17) is 5.11 Å². The average molecular weight is 256 g/mol. The van der Waals surface area contributed by atoms with E-state index in [2.05, 4.69) is 10.6 Å². The Bertz CT molecular complexity index is 376. The van der Waals surface area contributed by atoms with Crippen molar-refractivity contribution in [3.05, 3.63) is 22.4 Å². The van der Waals surface area contributed by atoms with Crippen LogP contribution in [0.1, 0.15) is 19.4 Å². The quantitative estimate of drug-likeness (QED) is 0.749. The Hall–Kier alpha value is -1.56. The van der Waals surface area contributed by atoms with Crippen molar-refractivity contribution < 1.29 is 14.7 Å². The molecule has 17 heavy (non-hydrogen) atoms. The SMILES string of the molecule is CC(C)C(NC(=O)NCc1ccsc1)C(=O)O. The molecule has 1 heterocycles. The first-order chi connectivity index (χ1) is 8.00. The Labute approximate surface area is 104 Å². The van der Waals surface area contributed by atoms with Crippen LogP contribution in [0.3, 0.4) is 0 Å². The largest absolute Gasteiger partial charge is 0.480 e. The summed E-state index contributed by atoms with van der Waals surface area (Å²) in [6.07, 6.45) is 0. The van der Waals surface area contributed by atoms with Crippen LogP contribution in [0.4, 0.5) is 4.79 Å². The van der Waals surface area contributed by atoms with E-state index in [0.29, 0.717) is 6.54 Å². The van der Waals surface area contributed by atoms with Gasteiger partial charge < -0.3 is 15.7 Å². The summed E-state index contributed by atoms with van der Waals surface area (Å²) in [6, 6.07) is 0.581. The van der Waals surface area contributed by atoms with Crippen LogP contribution in [0, 0.1) is 5.92 Å². The minimum atomic E-state index is -1.02. The Kier molecular flexibility index (Phi) is 4.96. The molecule has 1 aromatic heterocycles. The predicted molar refractivity (Wildman–Crippen MR) is 66.0 cm³/mol. The van der Waals surface area contributed by atoms with Crippen molar-refractivity contribution in [3.8, 4) is 0 Å². The summed E-state index contributed by atoms with van der Waals surface area (Å²) in [6.45, 7) is 3.90. The van der Waals surface area contributed by atoms with Crippen molar-refractivity contribution in [2.24, 2.45) is 5.92 Å². The lowest BCUT2D eigenvalue weighted by molar-refractivity contribution is -0.140. The minimum absolute atomic E-state index is 0.153. The molecular formula is C11H16N2O3S. The van der Waals surface area contributed by atoms with Crippen LogP contribution < -0.4 is 10.6 Å². The fraction of sp³-hybridized carbons (Fsp3) is 0.455. The van der Waals surface area contributed by atoms with Crippen molar-refractivity contribution in [3.63, 3.8) is 0 Å². The van der Waals surface area contributed by atoms with E-state index in [0.717, 1.165) is 5.56 Å². The van der Waals surface area contributed by atoms with E-state index >= 15 is 0 Å². The molecule has 0 fully saturated rings. The zero-order valence-electron chi connectivity index (χ0n) is 9.77. The number of hydrogen-bond acceptors (Lipinski definition) is 3. The topological polar surface area (TPSA) is 78.4 Å². The van der Waals surface area contributed by atoms with Gasteiger partial charge in [0.2, 0.25) is 0 Å². The third kappa shape index (κ3) is 4.44. The first-order valence-corrected chi connectivity index (χ1v) is 6.23. The molecule has 0 aliphatic heterocycles. The second-order valence-electron chi connectivity index (χ2n) is 4.02. The highest BCUT2D eigenvalue weighted by Gasteiger charge is 2.23. The fourth-order valence-corrected chi connectivity index (χ4v) is 1.95. The maximum Gasteiger partial charge on any atom is 0.326 e. The third-order valence-electron chi connectivity index (χ3n) is 2.25. The summed E-state index contributed by atoms with van der Waals surface area (Å²) in [5, 5.41) is 17.8. The number of rotatable bonds is 5. The number of carbonyl (C=O) groups is 2. The molecule has 94 valence electrons. The normalized spacial score (nSPS) is 12.2. The Morgan fingerprint density at radius 1 is 1.47 bits per heavy atom. The van der Waals surface area contributed by atoms with Gasteiger partial charge in [0.15, 0.2) is 0 Å². The van der Waals surface area contributed by atoms with Crippen LogP contribution in [0.5, 0.6) is 0 Å². The predicted octanol–water partition coefficient (Wildman–Crippen LogP) is 1.66. The number of carboxylic acid groups (broad SMARTS) is 1. The summed E-state index contributed by atoms with van der Waals surface area (Å²) < 4.78 is 0. The van der Waals surface area contributed by atoms with E-state index in [1.54, 1.807) is 25.2 Å². The minimum Gasteiger partial charge on any atom is -0.480 e. The second kappa shape index (κ2) is 6.24. The molecule has 0 bridgehead atoms. The molecule has 0 radical (unpaired) electrons. The van der Waals surface area contributed by atoms with Crippen LogP contribution in [-0.2, 0) is 11.3 Å². The van der Waals surface area contributed by atoms with Gasteiger partial charge in [-0.05, 0) is 28.3 Å². The number of carboxylic acids is 1. The highest BCUT2D eigenvalue weighted by atomic mass is 32.1. The molecule has 3 N–H and O–H groups in total. The molecule has 1 atom stereocenters. The monoisotopic (exact) mass is 256 g/mol. The molecule has 1 rings (SSSR count). The van der Waals surface area contributed by atoms with E-state index in [1.807, 2.05) is 16.8 Å². The van der Waals surface area contributed by atoms with E-state index in [1.165, 1.54) is 0 Å². The molecule has 0 saturated heterocycles. The average Bonchev–Trinajstić information content (AvgIpc) is 2.74. The van der Waals surface area contributed by atoms with Gasteiger partial charge in [0.25, 0.3) is 0 Å². The zero-order valence-corrected chi connectivity index (χ0v) is 10.6. The maximum absolute atomic E-state index is 11.5. The molecule has 5 nitrogen and oxygen atoms in total. The van der Waals surface area contributed by atoms with E-state index in [9.17, 15) is 9.59 Å². The summed E-state index contributed by atoms with van der Waals surface area (Å²) in [7, 11) is 0. The van der Waals surface area contributed by atoms with Gasteiger partial charge in [-0.3, -0.25) is 0 Å². The van der Waals surface area contributed by atoms with Crippen molar-refractivity contribution in [2.45, 2.75) is 26.4 Å². The number of amides is 2. The maximum atomic E-state index is 11.5. The van der Waals surface area contributed by atoms with Gasteiger partial charge in [0.05, 0.1) is 0 Å². The standard InChI is InChI=1S/C11H16N2O3S/c1-7(2)9(10(14)15)13-11(16)12-5-8-3-4-17-6-8/h3-4,6-7,9H,5H2,1-2H3,(H,14,15)(H2,12,13,16). The number of nitrogens with one attached hydrogen (secondary N) is 2. The number of urea groups is 1. The van der Waals surface area contributed by atoms with Crippen LogP contribution in [0.25, 0.3) is 0 Å². The molecule has 0 saturated carbocycles. The van der Waals surface area contributed by atoms with Crippen LogP contribution in [0.15, 0.2) is 16.8 Å². The van der Waals surface area contributed by atoms with Gasteiger partial charge in [0.1, 0.15) is 6.04 Å².